The van der Waals surface area contributed by atoms with E-state index in [1.165, 1.54) is 0 Å². The molecule has 0 aliphatic carbocycles. The third kappa shape index (κ3) is 3.55. The van der Waals surface area contributed by atoms with E-state index in [0.29, 0.717) is 5.25 Å². The maximum absolute atomic E-state index is 12.6. The minimum atomic E-state index is 0.212. The van der Waals surface area contributed by atoms with Crippen LogP contribution in [-0.2, 0) is 0 Å². The second kappa shape index (κ2) is 6.75. The first-order valence-corrected chi connectivity index (χ1v) is 8.66. The van der Waals surface area contributed by atoms with Gasteiger partial charge in [-0.3, -0.25) is 0 Å². The number of nitrogens with zero attached hydrogens (tertiary/aromatic N) is 3. The summed E-state index contributed by atoms with van der Waals surface area (Å²) in [6.45, 7) is 5.31. The van der Waals surface area contributed by atoms with Crippen LogP contribution in [0.3, 0.4) is 0 Å². The van der Waals surface area contributed by atoms with Gasteiger partial charge in [-0.05, 0) is 25.6 Å². The molecule has 0 N–H and O–H groups in total. The minimum absolute atomic E-state index is 0.212. The number of carbonyl (C=O) groups is 1. The van der Waals surface area contributed by atoms with Crippen molar-refractivity contribution in [2.24, 2.45) is 0 Å². The number of hydrogen-bond donors (Lipinski definition) is 0. The number of thioether (sulfide) groups is 1. The van der Waals surface area contributed by atoms with Gasteiger partial charge < -0.3 is 19.1 Å². The maximum atomic E-state index is 12.6. The van der Waals surface area contributed by atoms with E-state index in [-0.39, 0.29) is 6.03 Å². The molecule has 2 aliphatic heterocycles. The highest BCUT2D eigenvalue weighted by Gasteiger charge is 2.27. The molecule has 2 aliphatic rings. The molecule has 0 spiro atoms. The van der Waals surface area contributed by atoms with Gasteiger partial charge in [-0.25, -0.2) is 4.79 Å². The summed E-state index contributed by atoms with van der Waals surface area (Å²) in [7, 11) is 2.11. The van der Waals surface area contributed by atoms with Crippen molar-refractivity contribution in [3.63, 3.8) is 0 Å². The van der Waals surface area contributed by atoms with E-state index in [1.807, 2.05) is 33.7 Å². The van der Waals surface area contributed by atoms with Gasteiger partial charge in [0.25, 0.3) is 0 Å². The first kappa shape index (κ1) is 14.8. The molecule has 3 heterocycles. The molecule has 21 heavy (non-hydrogen) atoms. The van der Waals surface area contributed by atoms with E-state index in [9.17, 15) is 4.79 Å². The van der Waals surface area contributed by atoms with E-state index in [2.05, 4.69) is 11.9 Å². The number of hydrogen-bond acceptors (Lipinski definition) is 4. The van der Waals surface area contributed by atoms with Crippen LogP contribution in [0.1, 0.15) is 17.4 Å². The number of piperazine rings is 1. The fraction of sp³-hybridized carbons (Fsp3) is 0.667. The molecule has 1 unspecified atom stereocenters. The zero-order chi connectivity index (χ0) is 14.7. The standard InChI is InChI=1S/C15H23N3O2S/c1-16-6-8-18(9-7-16)15(19)17-5-4-14(21-12-10-17)13-3-2-11-20-13/h2-3,11,14H,4-10,12H2,1H3. The molecule has 2 saturated heterocycles. The summed E-state index contributed by atoms with van der Waals surface area (Å²) in [6.07, 6.45) is 2.70. The highest BCUT2D eigenvalue weighted by Crippen LogP contribution is 2.34. The Morgan fingerprint density at radius 2 is 1.95 bits per heavy atom. The van der Waals surface area contributed by atoms with Crippen molar-refractivity contribution < 1.29 is 9.21 Å². The van der Waals surface area contributed by atoms with E-state index < -0.39 is 0 Å². The van der Waals surface area contributed by atoms with Gasteiger partial charge >= 0.3 is 6.03 Å². The van der Waals surface area contributed by atoms with Gasteiger partial charge in [-0.15, -0.1) is 11.8 Å². The summed E-state index contributed by atoms with van der Waals surface area (Å²) in [5, 5.41) is 0.380. The van der Waals surface area contributed by atoms with Gasteiger partial charge in [0.15, 0.2) is 0 Å². The lowest BCUT2D eigenvalue weighted by Gasteiger charge is -2.35. The van der Waals surface area contributed by atoms with Crippen molar-refractivity contribution in [3.8, 4) is 0 Å². The predicted octanol–water partition coefficient (Wildman–Crippen LogP) is 2.13. The highest BCUT2D eigenvalue weighted by atomic mass is 32.2. The van der Waals surface area contributed by atoms with Crippen LogP contribution in [0.4, 0.5) is 4.79 Å². The Hall–Kier alpha value is -1.14. The van der Waals surface area contributed by atoms with E-state index in [4.69, 9.17) is 4.42 Å². The second-order valence-corrected chi connectivity index (χ2v) is 7.03. The summed E-state index contributed by atoms with van der Waals surface area (Å²) in [5.41, 5.74) is 0. The van der Waals surface area contributed by atoms with Crippen LogP contribution in [0.15, 0.2) is 22.8 Å². The lowest BCUT2D eigenvalue weighted by atomic mass is 10.2. The highest BCUT2D eigenvalue weighted by molar-refractivity contribution is 7.99. The van der Waals surface area contributed by atoms with Crippen molar-refractivity contribution in [2.75, 3.05) is 52.1 Å². The largest absolute Gasteiger partial charge is 0.468 e. The molecule has 2 amide bonds. The molecule has 1 aromatic rings. The Bertz CT molecular complexity index is 457. The first-order chi connectivity index (χ1) is 10.2. The third-order valence-corrected chi connectivity index (χ3v) is 5.53. The van der Waals surface area contributed by atoms with Crippen LogP contribution >= 0.6 is 11.8 Å². The van der Waals surface area contributed by atoms with Crippen LogP contribution in [0.2, 0.25) is 0 Å². The number of furan rings is 1. The quantitative estimate of drug-likeness (QED) is 0.797. The molecule has 5 nitrogen and oxygen atoms in total. The average Bonchev–Trinajstić information content (AvgIpc) is 2.92. The maximum Gasteiger partial charge on any atom is 0.320 e. The summed E-state index contributed by atoms with van der Waals surface area (Å²) < 4.78 is 5.51. The van der Waals surface area contributed by atoms with Crippen molar-refractivity contribution >= 4 is 17.8 Å². The fourth-order valence-electron chi connectivity index (χ4n) is 2.86. The van der Waals surface area contributed by atoms with Gasteiger partial charge in [0.05, 0.1) is 11.5 Å². The molecular formula is C15H23N3O2S. The van der Waals surface area contributed by atoms with Crippen molar-refractivity contribution in [1.29, 1.82) is 0 Å². The minimum Gasteiger partial charge on any atom is -0.468 e. The Morgan fingerprint density at radius 3 is 2.67 bits per heavy atom. The number of carbonyl (C=O) groups excluding carboxylic acids is 1. The lowest BCUT2D eigenvalue weighted by molar-refractivity contribution is 0.124. The van der Waals surface area contributed by atoms with E-state index in [0.717, 1.165) is 57.2 Å². The smallest absolute Gasteiger partial charge is 0.320 e. The molecule has 0 bridgehead atoms. The second-order valence-electron chi connectivity index (χ2n) is 5.72. The normalized spacial score (nSPS) is 24.9. The molecule has 2 fully saturated rings. The Labute approximate surface area is 130 Å². The fourth-order valence-corrected chi connectivity index (χ4v) is 4.04. The van der Waals surface area contributed by atoms with Crippen LogP contribution in [0.25, 0.3) is 0 Å². The molecule has 1 aromatic heterocycles. The Kier molecular flexibility index (Phi) is 4.75. The topological polar surface area (TPSA) is 39.9 Å². The van der Waals surface area contributed by atoms with Crippen molar-refractivity contribution in [2.45, 2.75) is 11.7 Å². The molecule has 116 valence electrons. The van der Waals surface area contributed by atoms with Crippen LogP contribution in [0, 0.1) is 0 Å². The van der Waals surface area contributed by atoms with Crippen LogP contribution < -0.4 is 0 Å². The molecule has 1 atom stereocenters. The van der Waals surface area contributed by atoms with Gasteiger partial charge in [-0.1, -0.05) is 0 Å². The van der Waals surface area contributed by atoms with Crippen molar-refractivity contribution in [3.05, 3.63) is 24.2 Å². The monoisotopic (exact) mass is 309 g/mol. The van der Waals surface area contributed by atoms with Crippen LogP contribution in [-0.4, -0.2) is 72.8 Å². The predicted molar refractivity (Wildman–Crippen MR) is 84.6 cm³/mol. The summed E-state index contributed by atoms with van der Waals surface area (Å²) in [6, 6.07) is 4.19. The molecule has 0 aromatic carbocycles. The Balaban J connectivity index is 1.56. The Morgan fingerprint density at radius 1 is 1.19 bits per heavy atom. The van der Waals surface area contributed by atoms with Gasteiger partial charge in [0.2, 0.25) is 0 Å². The van der Waals surface area contributed by atoms with Crippen molar-refractivity contribution in [1.82, 2.24) is 14.7 Å². The van der Waals surface area contributed by atoms with Gasteiger partial charge in [0.1, 0.15) is 5.76 Å². The zero-order valence-corrected chi connectivity index (χ0v) is 13.3. The summed E-state index contributed by atoms with van der Waals surface area (Å²) in [5.74, 6) is 2.01. The molecular weight excluding hydrogens is 286 g/mol. The number of urea groups is 1. The van der Waals surface area contributed by atoms with Gasteiger partial charge in [-0.2, -0.15) is 0 Å². The molecule has 6 heteroatoms. The first-order valence-electron chi connectivity index (χ1n) is 7.61. The summed E-state index contributed by atoms with van der Waals surface area (Å²) in [4.78, 5) is 18.9. The van der Waals surface area contributed by atoms with E-state index in [1.54, 1.807) is 6.26 Å². The molecule has 0 radical (unpaired) electrons. The summed E-state index contributed by atoms with van der Waals surface area (Å²) >= 11 is 1.90. The molecule has 3 rings (SSSR count). The number of likely N-dealkylation sites (N-methyl/N-ethyl adjacent to an activating group) is 1. The van der Waals surface area contributed by atoms with Crippen LogP contribution in [0.5, 0.6) is 0 Å². The SMILES string of the molecule is CN1CCN(C(=O)N2CCSC(c3ccco3)CC2)CC1. The van der Waals surface area contributed by atoms with E-state index >= 15 is 0 Å². The molecule has 0 saturated carbocycles. The zero-order valence-electron chi connectivity index (χ0n) is 12.5. The van der Waals surface area contributed by atoms with Gasteiger partial charge in [0, 0.05) is 45.0 Å². The third-order valence-electron chi connectivity index (χ3n) is 4.25. The number of amides is 2. The lowest BCUT2D eigenvalue weighted by Crippen LogP contribution is -2.52. The average molecular weight is 309 g/mol. The number of rotatable bonds is 1.